The fraction of sp³-hybridized carbons (Fsp3) is 0.111. The summed E-state index contributed by atoms with van der Waals surface area (Å²) in [6.07, 6.45) is 3.21. The van der Waals surface area contributed by atoms with Crippen molar-refractivity contribution < 1.29 is 4.79 Å². The van der Waals surface area contributed by atoms with Crippen LogP contribution in [0.2, 0.25) is 5.02 Å². The molecule has 2 N–H and O–H groups in total. The number of imidazole rings is 1. The first kappa shape index (κ1) is 14.8. The minimum atomic E-state index is -0.317. The Kier molecular flexibility index (Phi) is 3.70. The highest BCUT2D eigenvalue weighted by atomic mass is 35.5. The maximum absolute atomic E-state index is 12.3. The number of rotatable bonds is 3. The van der Waals surface area contributed by atoms with Gasteiger partial charge in [-0.25, -0.2) is 4.98 Å². The number of carbonyl (C=O) groups is 1. The molecule has 0 bridgehead atoms. The molecular weight excluding hydrogens is 324 g/mol. The normalized spacial score (nSPS) is 16.2. The molecule has 1 amide bonds. The van der Waals surface area contributed by atoms with E-state index in [1.54, 1.807) is 18.6 Å². The Morgan fingerprint density at radius 3 is 2.71 bits per heavy atom. The molecule has 0 fully saturated rings. The number of carbonyl (C=O) groups excluding carboxylic acids is 1. The summed E-state index contributed by atoms with van der Waals surface area (Å²) in [6, 6.07) is 15.2. The second kappa shape index (κ2) is 6.02. The molecule has 4 rings (SSSR count). The van der Waals surface area contributed by atoms with Crippen molar-refractivity contribution in [3.8, 4) is 0 Å². The Morgan fingerprint density at radius 2 is 1.88 bits per heavy atom. The molecule has 0 aliphatic carbocycles. The van der Waals surface area contributed by atoms with Gasteiger partial charge in [0, 0.05) is 17.3 Å². The van der Waals surface area contributed by atoms with Crippen molar-refractivity contribution in [3.05, 3.63) is 82.9 Å². The topological polar surface area (TPSA) is 59.0 Å². The molecule has 6 heteroatoms. The predicted octanol–water partition coefficient (Wildman–Crippen LogP) is 3.44. The van der Waals surface area contributed by atoms with Crippen LogP contribution >= 0.6 is 11.6 Å². The summed E-state index contributed by atoms with van der Waals surface area (Å²) in [5, 5.41) is 7.04. The van der Waals surface area contributed by atoms with Crippen molar-refractivity contribution >= 4 is 23.2 Å². The maximum Gasteiger partial charge on any atom is 0.255 e. The molecule has 1 aromatic heterocycles. The quantitative estimate of drug-likeness (QED) is 0.769. The third-order valence-electron chi connectivity index (χ3n) is 4.05. The van der Waals surface area contributed by atoms with Gasteiger partial charge in [0.1, 0.15) is 6.17 Å². The van der Waals surface area contributed by atoms with Crippen LogP contribution in [0.1, 0.15) is 27.8 Å². The lowest BCUT2D eigenvalue weighted by Gasteiger charge is -2.28. The van der Waals surface area contributed by atoms with E-state index in [0.717, 1.165) is 16.9 Å². The highest BCUT2D eigenvalue weighted by molar-refractivity contribution is 6.30. The molecule has 1 atom stereocenters. The number of aromatic nitrogens is 2. The number of nitrogens with one attached hydrogen (secondary N) is 2. The number of amides is 1. The number of para-hydroxylation sites is 1. The second-order valence-electron chi connectivity index (χ2n) is 5.67. The molecule has 1 unspecified atom stereocenters. The third kappa shape index (κ3) is 2.74. The number of fused-ring (bicyclic) bond motifs is 1. The Bertz CT molecular complexity index is 888. The van der Waals surface area contributed by atoms with Crippen LogP contribution in [-0.2, 0) is 6.54 Å². The van der Waals surface area contributed by atoms with E-state index in [0.29, 0.717) is 17.1 Å². The summed E-state index contributed by atoms with van der Waals surface area (Å²) in [6.45, 7) is 0.655. The first-order valence-corrected chi connectivity index (χ1v) is 7.99. The summed E-state index contributed by atoms with van der Waals surface area (Å²) in [5.41, 5.74) is 3.48. The van der Waals surface area contributed by atoms with Crippen LogP contribution < -0.4 is 10.6 Å². The van der Waals surface area contributed by atoms with E-state index >= 15 is 0 Å². The molecule has 2 aromatic carbocycles. The highest BCUT2D eigenvalue weighted by Crippen LogP contribution is 2.26. The predicted molar refractivity (Wildman–Crippen MR) is 93.1 cm³/mol. The van der Waals surface area contributed by atoms with Crippen molar-refractivity contribution in [2.24, 2.45) is 0 Å². The molecule has 2 heterocycles. The number of nitrogens with zero attached hydrogens (tertiary/aromatic N) is 2. The fourth-order valence-corrected chi connectivity index (χ4v) is 2.97. The molecule has 1 aliphatic rings. The zero-order chi connectivity index (χ0) is 16.5. The minimum Gasteiger partial charge on any atom is -0.360 e. The summed E-state index contributed by atoms with van der Waals surface area (Å²) >= 11 is 5.93. The lowest BCUT2D eigenvalue weighted by molar-refractivity contribution is 0.0934. The molecule has 0 saturated carbocycles. The summed E-state index contributed by atoms with van der Waals surface area (Å²) in [7, 11) is 0. The van der Waals surface area contributed by atoms with E-state index in [2.05, 4.69) is 15.6 Å². The van der Waals surface area contributed by atoms with Crippen LogP contribution in [0.5, 0.6) is 0 Å². The van der Waals surface area contributed by atoms with Gasteiger partial charge in [-0.05, 0) is 29.8 Å². The third-order valence-corrected chi connectivity index (χ3v) is 4.31. The van der Waals surface area contributed by atoms with Crippen LogP contribution in [0.25, 0.3) is 0 Å². The maximum atomic E-state index is 12.3. The average Bonchev–Trinajstić information content (AvgIpc) is 3.05. The van der Waals surface area contributed by atoms with Crippen molar-refractivity contribution in [1.82, 2.24) is 14.9 Å². The van der Waals surface area contributed by atoms with Gasteiger partial charge in [0.05, 0.1) is 23.8 Å². The van der Waals surface area contributed by atoms with Crippen LogP contribution in [0.3, 0.4) is 0 Å². The van der Waals surface area contributed by atoms with E-state index in [1.807, 2.05) is 47.0 Å². The number of anilines is 1. The molecule has 0 saturated heterocycles. The largest absolute Gasteiger partial charge is 0.360 e. The van der Waals surface area contributed by atoms with E-state index in [9.17, 15) is 4.79 Å². The van der Waals surface area contributed by atoms with Gasteiger partial charge in [0.15, 0.2) is 0 Å². The molecule has 1 aliphatic heterocycles. The zero-order valence-corrected chi connectivity index (χ0v) is 13.5. The first-order valence-electron chi connectivity index (χ1n) is 7.61. The smallest absolute Gasteiger partial charge is 0.255 e. The summed E-state index contributed by atoms with van der Waals surface area (Å²) < 4.78 is 2.01. The van der Waals surface area contributed by atoms with E-state index in [4.69, 9.17) is 11.6 Å². The molecule has 5 nitrogen and oxygen atoms in total. The van der Waals surface area contributed by atoms with Crippen LogP contribution in [0, 0.1) is 0 Å². The summed E-state index contributed by atoms with van der Waals surface area (Å²) in [4.78, 5) is 16.5. The first-order chi connectivity index (χ1) is 11.7. The van der Waals surface area contributed by atoms with Crippen LogP contribution in [0.4, 0.5) is 5.69 Å². The fourth-order valence-electron chi connectivity index (χ4n) is 2.85. The molecule has 24 heavy (non-hydrogen) atoms. The Balaban J connectivity index is 1.61. The van der Waals surface area contributed by atoms with E-state index < -0.39 is 0 Å². The molecule has 3 aromatic rings. The van der Waals surface area contributed by atoms with Crippen molar-refractivity contribution in [2.75, 3.05) is 5.32 Å². The summed E-state index contributed by atoms with van der Waals surface area (Å²) in [5.74, 6) is -0.0893. The lowest BCUT2D eigenvalue weighted by atomic mass is 10.1. The molecule has 120 valence electrons. The van der Waals surface area contributed by atoms with Crippen molar-refractivity contribution in [1.29, 1.82) is 0 Å². The number of benzene rings is 2. The zero-order valence-electron chi connectivity index (χ0n) is 12.7. The monoisotopic (exact) mass is 338 g/mol. The van der Waals surface area contributed by atoms with E-state index in [1.165, 1.54) is 0 Å². The van der Waals surface area contributed by atoms with Gasteiger partial charge >= 0.3 is 0 Å². The Morgan fingerprint density at radius 1 is 1.08 bits per heavy atom. The number of hydrogen-bond acceptors (Lipinski definition) is 3. The van der Waals surface area contributed by atoms with Gasteiger partial charge < -0.3 is 15.2 Å². The van der Waals surface area contributed by atoms with Gasteiger partial charge in [0.2, 0.25) is 0 Å². The van der Waals surface area contributed by atoms with Crippen LogP contribution in [-0.4, -0.2) is 15.5 Å². The highest BCUT2D eigenvalue weighted by Gasteiger charge is 2.26. The number of halogens is 1. The van der Waals surface area contributed by atoms with Crippen LogP contribution in [0.15, 0.2) is 61.1 Å². The molecule has 0 radical (unpaired) electrons. The number of hydrogen-bond donors (Lipinski definition) is 2. The van der Waals surface area contributed by atoms with Gasteiger partial charge in [-0.3, -0.25) is 4.79 Å². The van der Waals surface area contributed by atoms with Gasteiger partial charge in [0.25, 0.3) is 5.91 Å². The Hall–Kier alpha value is -2.79. The van der Waals surface area contributed by atoms with E-state index in [-0.39, 0.29) is 12.1 Å². The Labute approximate surface area is 144 Å². The minimum absolute atomic E-state index is 0.0893. The SMILES string of the molecule is O=C1NC(c2cncn2Cc2ccc(Cl)cc2)Nc2ccccc21. The molecule has 0 spiro atoms. The molecular formula is C18H15ClN4O. The van der Waals surface area contributed by atoms with Gasteiger partial charge in [-0.15, -0.1) is 0 Å². The van der Waals surface area contributed by atoms with Crippen molar-refractivity contribution in [2.45, 2.75) is 12.7 Å². The average molecular weight is 339 g/mol. The van der Waals surface area contributed by atoms with Gasteiger partial charge in [-0.1, -0.05) is 35.9 Å². The second-order valence-corrected chi connectivity index (χ2v) is 6.11. The van der Waals surface area contributed by atoms with Gasteiger partial charge in [-0.2, -0.15) is 0 Å². The standard InChI is InChI=1S/C18H15ClN4O/c19-13-7-5-12(6-8-13)10-23-11-20-9-16(23)17-21-15-4-2-1-3-14(15)18(24)22-17/h1-9,11,17,21H,10H2,(H,22,24). The van der Waals surface area contributed by atoms with Crippen molar-refractivity contribution in [3.63, 3.8) is 0 Å². The lowest BCUT2D eigenvalue weighted by Crippen LogP contribution is -2.39.